The van der Waals surface area contributed by atoms with E-state index in [-0.39, 0.29) is 17.7 Å². The largest absolute Gasteiger partial charge is 0.493 e. The summed E-state index contributed by atoms with van der Waals surface area (Å²) in [7, 11) is 1.53. The minimum absolute atomic E-state index is 0.149. The number of carbonyl (C=O) groups excluding carboxylic acids is 1. The number of benzene rings is 2. The van der Waals surface area contributed by atoms with Crippen molar-refractivity contribution in [3.8, 4) is 17.2 Å². The van der Waals surface area contributed by atoms with Crippen LogP contribution in [0.2, 0.25) is 0 Å². The summed E-state index contributed by atoms with van der Waals surface area (Å²) >= 11 is 0. The van der Waals surface area contributed by atoms with Crippen LogP contribution in [0.5, 0.6) is 11.5 Å². The highest BCUT2D eigenvalue weighted by Crippen LogP contribution is 2.19. The quantitative estimate of drug-likeness (QED) is 0.649. The predicted octanol–water partition coefficient (Wildman–Crippen LogP) is 3.64. The molecule has 0 saturated carbocycles. The van der Waals surface area contributed by atoms with Gasteiger partial charge in [-0.05, 0) is 50.1 Å². The smallest absolute Gasteiger partial charge is 0.275 e. The average molecular weight is 379 g/mol. The molecule has 0 fully saturated rings. The van der Waals surface area contributed by atoms with Gasteiger partial charge in [0.15, 0.2) is 11.4 Å². The maximum atomic E-state index is 12.5. The van der Waals surface area contributed by atoms with Gasteiger partial charge in [-0.3, -0.25) is 4.79 Å². The first-order valence-corrected chi connectivity index (χ1v) is 9.29. The first-order valence-electron chi connectivity index (χ1n) is 9.29. The van der Waals surface area contributed by atoms with Gasteiger partial charge in [-0.25, -0.2) is 4.68 Å². The maximum absolute atomic E-state index is 12.5. The molecule has 6 nitrogen and oxygen atoms in total. The van der Waals surface area contributed by atoms with E-state index < -0.39 is 0 Å². The van der Waals surface area contributed by atoms with Crippen molar-refractivity contribution in [3.05, 3.63) is 72.1 Å². The number of hydrogen-bond acceptors (Lipinski definition) is 4. The van der Waals surface area contributed by atoms with Crippen molar-refractivity contribution in [2.24, 2.45) is 0 Å². The summed E-state index contributed by atoms with van der Waals surface area (Å²) in [6.07, 6.45) is 2.57. The van der Waals surface area contributed by atoms with Gasteiger partial charge in [-0.1, -0.05) is 30.3 Å². The summed E-state index contributed by atoms with van der Waals surface area (Å²) in [6.45, 7) is 4.50. The summed E-state index contributed by atoms with van der Waals surface area (Å²) in [5, 5.41) is 7.29. The molecule has 1 heterocycles. The van der Waals surface area contributed by atoms with Gasteiger partial charge in [0.25, 0.3) is 5.91 Å². The highest BCUT2D eigenvalue weighted by atomic mass is 16.5. The number of methoxy groups -OCH3 is 1. The molecule has 2 aromatic carbocycles. The fourth-order valence-corrected chi connectivity index (χ4v) is 2.79. The molecule has 6 heteroatoms. The molecule has 1 aromatic heterocycles. The van der Waals surface area contributed by atoms with Crippen LogP contribution in [0.3, 0.4) is 0 Å². The van der Waals surface area contributed by atoms with Crippen molar-refractivity contribution in [2.45, 2.75) is 26.4 Å². The average Bonchev–Trinajstić information content (AvgIpc) is 3.14. The van der Waals surface area contributed by atoms with Gasteiger partial charge in [-0.15, -0.1) is 0 Å². The Morgan fingerprint density at radius 2 is 1.82 bits per heavy atom. The highest BCUT2D eigenvalue weighted by molar-refractivity contribution is 5.94. The minimum atomic E-state index is -0.258. The Kier molecular flexibility index (Phi) is 6.32. The highest BCUT2D eigenvalue weighted by Gasteiger charge is 2.18. The van der Waals surface area contributed by atoms with Gasteiger partial charge in [0.2, 0.25) is 0 Å². The van der Waals surface area contributed by atoms with Crippen LogP contribution in [-0.4, -0.2) is 35.4 Å². The van der Waals surface area contributed by atoms with Crippen LogP contribution in [0.15, 0.2) is 60.8 Å². The fraction of sp³-hybridized carbons (Fsp3) is 0.273. The van der Waals surface area contributed by atoms with Crippen LogP contribution in [0, 0.1) is 0 Å². The molecule has 0 radical (unpaired) electrons. The molecule has 0 bridgehead atoms. The molecular weight excluding hydrogens is 354 g/mol. The Balaban J connectivity index is 1.60. The number of carbonyl (C=O) groups is 1. The Bertz CT molecular complexity index is 903. The van der Waals surface area contributed by atoms with Gasteiger partial charge >= 0.3 is 0 Å². The standard InChI is InChI=1S/C22H25N3O3/c1-16(2)28-19-11-9-17(10-12-19)13-14-23-22(26)21-20(27-3)15-25(24-21)18-7-5-4-6-8-18/h4-12,15-16H,13-14H2,1-3H3,(H,23,26). The molecule has 1 amide bonds. The van der Waals surface area contributed by atoms with E-state index in [1.807, 2.05) is 68.4 Å². The van der Waals surface area contributed by atoms with Crippen LogP contribution in [0.4, 0.5) is 0 Å². The lowest BCUT2D eigenvalue weighted by molar-refractivity contribution is 0.0945. The van der Waals surface area contributed by atoms with Gasteiger partial charge in [0.05, 0.1) is 25.1 Å². The van der Waals surface area contributed by atoms with Crippen molar-refractivity contribution in [1.82, 2.24) is 15.1 Å². The molecule has 0 saturated heterocycles. The number of rotatable bonds is 8. The number of amides is 1. The van der Waals surface area contributed by atoms with E-state index in [1.165, 1.54) is 7.11 Å². The Morgan fingerprint density at radius 3 is 2.46 bits per heavy atom. The van der Waals surface area contributed by atoms with Crippen molar-refractivity contribution in [1.29, 1.82) is 0 Å². The number of nitrogens with zero attached hydrogens (tertiary/aromatic N) is 2. The first kappa shape index (κ1) is 19.5. The lowest BCUT2D eigenvalue weighted by atomic mass is 10.1. The van der Waals surface area contributed by atoms with Crippen LogP contribution < -0.4 is 14.8 Å². The summed E-state index contributed by atoms with van der Waals surface area (Å²) in [5.41, 5.74) is 2.26. The number of para-hydroxylation sites is 1. The first-order chi connectivity index (χ1) is 13.6. The zero-order chi connectivity index (χ0) is 19.9. The molecule has 146 valence electrons. The molecule has 1 N–H and O–H groups in total. The zero-order valence-electron chi connectivity index (χ0n) is 16.4. The number of nitrogens with one attached hydrogen (secondary N) is 1. The van der Waals surface area contributed by atoms with Gasteiger partial charge in [0, 0.05) is 6.54 Å². The lowest BCUT2D eigenvalue weighted by Gasteiger charge is -2.10. The lowest BCUT2D eigenvalue weighted by Crippen LogP contribution is -2.26. The van der Waals surface area contributed by atoms with E-state index in [0.29, 0.717) is 12.3 Å². The topological polar surface area (TPSA) is 65.4 Å². The van der Waals surface area contributed by atoms with E-state index >= 15 is 0 Å². The molecule has 0 aliphatic carbocycles. The van der Waals surface area contributed by atoms with Crippen molar-refractivity contribution < 1.29 is 14.3 Å². The molecule has 0 aliphatic heterocycles. The Hall–Kier alpha value is -3.28. The SMILES string of the molecule is COc1cn(-c2ccccc2)nc1C(=O)NCCc1ccc(OC(C)C)cc1. The summed E-state index contributed by atoms with van der Waals surface area (Å²) < 4.78 is 12.6. The molecule has 0 unspecified atom stereocenters. The van der Waals surface area contributed by atoms with Gasteiger partial charge < -0.3 is 14.8 Å². The third-order valence-electron chi connectivity index (χ3n) is 4.13. The summed E-state index contributed by atoms with van der Waals surface area (Å²) in [5.74, 6) is 1.03. The summed E-state index contributed by atoms with van der Waals surface area (Å²) in [4.78, 5) is 12.5. The third kappa shape index (κ3) is 4.91. The minimum Gasteiger partial charge on any atom is -0.493 e. The van der Waals surface area contributed by atoms with Crippen LogP contribution >= 0.6 is 0 Å². The third-order valence-corrected chi connectivity index (χ3v) is 4.13. The Morgan fingerprint density at radius 1 is 1.11 bits per heavy atom. The summed E-state index contributed by atoms with van der Waals surface area (Å²) in [6, 6.07) is 17.5. The van der Waals surface area contributed by atoms with Gasteiger partial charge in [-0.2, -0.15) is 5.10 Å². The van der Waals surface area contributed by atoms with Crippen LogP contribution in [0.25, 0.3) is 5.69 Å². The maximum Gasteiger partial charge on any atom is 0.275 e. The number of hydrogen-bond donors (Lipinski definition) is 1. The van der Waals surface area contributed by atoms with E-state index in [4.69, 9.17) is 9.47 Å². The Labute approximate surface area is 165 Å². The second-order valence-corrected chi connectivity index (χ2v) is 6.64. The van der Waals surface area contributed by atoms with Crippen LogP contribution in [0.1, 0.15) is 29.9 Å². The number of aromatic nitrogens is 2. The number of ether oxygens (including phenoxy) is 2. The van der Waals surface area contributed by atoms with Crippen molar-refractivity contribution >= 4 is 5.91 Å². The van der Waals surface area contributed by atoms with Crippen LogP contribution in [-0.2, 0) is 6.42 Å². The fourth-order valence-electron chi connectivity index (χ4n) is 2.79. The van der Waals surface area contributed by atoms with Crippen molar-refractivity contribution in [2.75, 3.05) is 13.7 Å². The second kappa shape index (κ2) is 9.08. The van der Waals surface area contributed by atoms with E-state index in [9.17, 15) is 4.79 Å². The second-order valence-electron chi connectivity index (χ2n) is 6.64. The normalized spacial score (nSPS) is 10.7. The van der Waals surface area contributed by atoms with Gasteiger partial charge in [0.1, 0.15) is 5.75 Å². The molecule has 0 atom stereocenters. The van der Waals surface area contributed by atoms with E-state index in [1.54, 1.807) is 10.9 Å². The molecule has 0 spiro atoms. The van der Waals surface area contributed by atoms with Crippen molar-refractivity contribution in [3.63, 3.8) is 0 Å². The monoisotopic (exact) mass is 379 g/mol. The molecule has 28 heavy (non-hydrogen) atoms. The van der Waals surface area contributed by atoms with E-state index in [0.717, 1.165) is 23.4 Å². The molecular formula is C22H25N3O3. The zero-order valence-corrected chi connectivity index (χ0v) is 16.4. The predicted molar refractivity (Wildman–Crippen MR) is 108 cm³/mol. The molecule has 3 aromatic rings. The molecule has 0 aliphatic rings. The molecule has 3 rings (SSSR count). The van der Waals surface area contributed by atoms with E-state index in [2.05, 4.69) is 10.4 Å².